The predicted octanol–water partition coefficient (Wildman–Crippen LogP) is 0.910. The first kappa shape index (κ1) is 18.2. The normalized spacial score (nSPS) is 23.5. The molecule has 0 radical (unpaired) electrons. The van der Waals surface area contributed by atoms with Crippen molar-refractivity contribution < 1.29 is 14.3 Å². The van der Waals surface area contributed by atoms with Crippen LogP contribution >= 0.6 is 0 Å². The maximum atomic E-state index is 12.2. The summed E-state index contributed by atoms with van der Waals surface area (Å²) < 4.78 is 4.97. The molecule has 1 aliphatic carbocycles. The molecule has 2 fully saturated rings. The molecule has 1 atom stereocenters. The number of hydrogen-bond acceptors (Lipinski definition) is 4. The predicted molar refractivity (Wildman–Crippen MR) is 89.1 cm³/mol. The van der Waals surface area contributed by atoms with E-state index in [0.29, 0.717) is 25.6 Å². The molecule has 0 spiro atoms. The molecule has 1 aliphatic heterocycles. The number of amides is 2. The summed E-state index contributed by atoms with van der Waals surface area (Å²) in [5, 5.41) is 5.78. The van der Waals surface area contributed by atoms with Gasteiger partial charge in [0, 0.05) is 39.9 Å². The highest BCUT2D eigenvalue weighted by atomic mass is 16.5. The first-order valence-corrected chi connectivity index (χ1v) is 8.98. The van der Waals surface area contributed by atoms with Crippen molar-refractivity contribution in [2.45, 2.75) is 51.0 Å². The fraction of sp³-hybridized carbons (Fsp3) is 0.882. The number of methoxy groups -OCH3 is 1. The van der Waals surface area contributed by atoms with E-state index in [4.69, 9.17) is 4.74 Å². The Hall–Kier alpha value is -1.14. The number of piperazine rings is 1. The van der Waals surface area contributed by atoms with Gasteiger partial charge in [0.05, 0.1) is 12.5 Å². The van der Waals surface area contributed by atoms with Crippen molar-refractivity contribution in [1.29, 1.82) is 0 Å². The number of carbonyl (C=O) groups excluding carboxylic acids is 2. The number of hydrogen-bond donors (Lipinski definition) is 2. The minimum Gasteiger partial charge on any atom is -0.385 e. The van der Waals surface area contributed by atoms with Crippen LogP contribution < -0.4 is 10.6 Å². The van der Waals surface area contributed by atoms with Crippen LogP contribution in [-0.2, 0) is 14.3 Å². The Morgan fingerprint density at radius 1 is 1.35 bits per heavy atom. The van der Waals surface area contributed by atoms with Crippen molar-refractivity contribution in [2.75, 3.05) is 39.9 Å². The van der Waals surface area contributed by atoms with Gasteiger partial charge in [-0.05, 0) is 25.2 Å². The lowest BCUT2D eigenvalue weighted by molar-refractivity contribution is -0.134. The molecule has 2 aliphatic rings. The summed E-state index contributed by atoms with van der Waals surface area (Å²) in [6, 6.07) is -0.312. The summed E-state index contributed by atoms with van der Waals surface area (Å²) in [7, 11) is 1.65. The monoisotopic (exact) mass is 325 g/mol. The van der Waals surface area contributed by atoms with Crippen LogP contribution in [0.15, 0.2) is 0 Å². The van der Waals surface area contributed by atoms with Crippen molar-refractivity contribution in [3.05, 3.63) is 0 Å². The van der Waals surface area contributed by atoms with Crippen LogP contribution in [0.2, 0.25) is 0 Å². The largest absolute Gasteiger partial charge is 0.385 e. The Balaban J connectivity index is 1.81. The third kappa shape index (κ3) is 6.11. The Kier molecular flexibility index (Phi) is 7.82. The molecule has 0 aromatic carbocycles. The fourth-order valence-electron chi connectivity index (χ4n) is 3.60. The van der Waals surface area contributed by atoms with E-state index in [1.807, 2.05) is 0 Å². The van der Waals surface area contributed by atoms with E-state index in [9.17, 15) is 9.59 Å². The van der Waals surface area contributed by atoms with Gasteiger partial charge in [-0.3, -0.25) is 14.5 Å². The maximum absolute atomic E-state index is 12.2. The fourth-order valence-corrected chi connectivity index (χ4v) is 3.60. The van der Waals surface area contributed by atoms with Crippen LogP contribution in [0, 0.1) is 5.92 Å². The number of nitrogens with one attached hydrogen (secondary N) is 2. The lowest BCUT2D eigenvalue weighted by Gasteiger charge is -2.37. The second-order valence-corrected chi connectivity index (χ2v) is 6.71. The average molecular weight is 325 g/mol. The zero-order valence-corrected chi connectivity index (χ0v) is 14.3. The molecule has 6 heteroatoms. The van der Waals surface area contributed by atoms with Crippen molar-refractivity contribution >= 4 is 11.8 Å². The third-order valence-electron chi connectivity index (χ3n) is 4.89. The molecule has 1 saturated carbocycles. The van der Waals surface area contributed by atoms with Crippen LogP contribution in [0.5, 0.6) is 0 Å². The summed E-state index contributed by atoms with van der Waals surface area (Å²) in [6.07, 6.45) is 7.51. The Morgan fingerprint density at radius 3 is 2.87 bits per heavy atom. The minimum absolute atomic E-state index is 0.000832. The summed E-state index contributed by atoms with van der Waals surface area (Å²) in [4.78, 5) is 26.5. The zero-order chi connectivity index (χ0) is 16.5. The number of carbonyl (C=O) groups is 2. The van der Waals surface area contributed by atoms with Gasteiger partial charge in [0.2, 0.25) is 11.8 Å². The second kappa shape index (κ2) is 9.88. The van der Waals surface area contributed by atoms with E-state index in [-0.39, 0.29) is 24.3 Å². The molecule has 2 rings (SSSR count). The highest BCUT2D eigenvalue weighted by molar-refractivity contribution is 5.88. The smallest absolute Gasteiger partial charge is 0.237 e. The zero-order valence-electron chi connectivity index (χ0n) is 14.3. The lowest BCUT2D eigenvalue weighted by Crippen LogP contribution is -2.57. The van der Waals surface area contributed by atoms with Crippen molar-refractivity contribution in [3.63, 3.8) is 0 Å². The van der Waals surface area contributed by atoms with Gasteiger partial charge in [0.15, 0.2) is 0 Å². The van der Waals surface area contributed by atoms with E-state index < -0.39 is 0 Å². The lowest BCUT2D eigenvalue weighted by atomic mass is 9.88. The van der Waals surface area contributed by atoms with E-state index >= 15 is 0 Å². The molecule has 1 saturated heterocycles. The Bertz CT molecular complexity index is 383. The molecule has 0 unspecified atom stereocenters. The van der Waals surface area contributed by atoms with Crippen molar-refractivity contribution in [1.82, 2.24) is 15.5 Å². The number of rotatable bonds is 8. The molecule has 0 bridgehead atoms. The Morgan fingerprint density at radius 2 is 2.13 bits per heavy atom. The van der Waals surface area contributed by atoms with Crippen LogP contribution in [0.1, 0.15) is 44.9 Å². The molecule has 132 valence electrons. The minimum atomic E-state index is -0.312. The van der Waals surface area contributed by atoms with Crippen LogP contribution in [-0.4, -0.2) is 62.7 Å². The molecule has 6 nitrogen and oxygen atoms in total. The van der Waals surface area contributed by atoms with Crippen molar-refractivity contribution in [2.24, 2.45) is 5.92 Å². The van der Waals surface area contributed by atoms with Gasteiger partial charge < -0.3 is 15.4 Å². The van der Waals surface area contributed by atoms with E-state index in [1.54, 1.807) is 7.11 Å². The van der Waals surface area contributed by atoms with Gasteiger partial charge in [-0.15, -0.1) is 0 Å². The molecule has 0 aromatic rings. The standard InChI is InChI=1S/C17H31N3O3/c1-23-11-5-8-18-16(21)12-15-17(22)19-9-10-20(15)13-14-6-3-2-4-7-14/h14-15H,2-13H2,1H3,(H,18,21)(H,19,22)/t15-/m0/s1. The molecule has 1 heterocycles. The summed E-state index contributed by atoms with van der Waals surface area (Å²) in [5.74, 6) is 0.637. The van der Waals surface area contributed by atoms with Gasteiger partial charge >= 0.3 is 0 Å². The van der Waals surface area contributed by atoms with Crippen molar-refractivity contribution in [3.8, 4) is 0 Å². The molecule has 2 N–H and O–H groups in total. The van der Waals surface area contributed by atoms with Gasteiger partial charge in [-0.2, -0.15) is 0 Å². The highest BCUT2D eigenvalue weighted by Gasteiger charge is 2.32. The Labute approximate surface area is 139 Å². The van der Waals surface area contributed by atoms with Crippen LogP contribution in [0.3, 0.4) is 0 Å². The highest BCUT2D eigenvalue weighted by Crippen LogP contribution is 2.25. The summed E-state index contributed by atoms with van der Waals surface area (Å²) in [5.41, 5.74) is 0. The molecule has 2 amide bonds. The van der Waals surface area contributed by atoms with Crippen LogP contribution in [0.4, 0.5) is 0 Å². The van der Waals surface area contributed by atoms with E-state index in [2.05, 4.69) is 15.5 Å². The molecule has 23 heavy (non-hydrogen) atoms. The summed E-state index contributed by atoms with van der Waals surface area (Å²) >= 11 is 0. The van der Waals surface area contributed by atoms with Gasteiger partial charge in [0.25, 0.3) is 0 Å². The summed E-state index contributed by atoms with van der Waals surface area (Å²) in [6.45, 7) is 3.73. The van der Waals surface area contributed by atoms with E-state index in [1.165, 1.54) is 32.1 Å². The number of nitrogens with zero attached hydrogens (tertiary/aromatic N) is 1. The molecular weight excluding hydrogens is 294 g/mol. The van der Waals surface area contributed by atoms with Crippen LogP contribution in [0.25, 0.3) is 0 Å². The van der Waals surface area contributed by atoms with E-state index in [0.717, 1.165) is 19.5 Å². The van der Waals surface area contributed by atoms with Gasteiger partial charge in [-0.1, -0.05) is 19.3 Å². The van der Waals surface area contributed by atoms with Gasteiger partial charge in [-0.25, -0.2) is 0 Å². The first-order chi connectivity index (χ1) is 11.2. The quantitative estimate of drug-likeness (QED) is 0.651. The molecule has 0 aromatic heterocycles. The average Bonchev–Trinajstić information content (AvgIpc) is 2.56. The SMILES string of the molecule is COCCCNC(=O)C[C@H]1C(=O)NCCN1CC1CCCCC1. The second-order valence-electron chi connectivity index (χ2n) is 6.71. The van der Waals surface area contributed by atoms with Gasteiger partial charge in [0.1, 0.15) is 0 Å². The third-order valence-corrected chi connectivity index (χ3v) is 4.89. The first-order valence-electron chi connectivity index (χ1n) is 8.98. The topological polar surface area (TPSA) is 70.7 Å². The maximum Gasteiger partial charge on any atom is 0.237 e. The number of ether oxygens (including phenoxy) is 1. The molecular formula is C17H31N3O3.